The summed E-state index contributed by atoms with van der Waals surface area (Å²) in [5.41, 5.74) is 0. The molecule has 1 nitrogen and oxygen atoms in total. The van der Waals surface area contributed by atoms with Crippen LogP contribution in [0.15, 0.2) is 0 Å². The molecule has 0 spiro atoms. The highest BCUT2D eigenvalue weighted by atomic mass is 16.1. The third-order valence-corrected chi connectivity index (χ3v) is 0.136. The van der Waals surface area contributed by atoms with Gasteiger partial charge in [0.1, 0.15) is 6.29 Å². The van der Waals surface area contributed by atoms with Crippen LogP contribution in [0.25, 0.3) is 0 Å². The third kappa shape index (κ3) is 3.67. The molecule has 0 bridgehead atoms. The lowest BCUT2D eigenvalue weighted by Gasteiger charge is -1.78. The van der Waals surface area contributed by atoms with Gasteiger partial charge in [0.25, 0.3) is 0 Å². The monoisotopic (exact) mass is 78.1 g/mol. The molecule has 0 amide bonds. The molecule has 0 saturated carbocycles. The van der Waals surface area contributed by atoms with Crippen molar-refractivity contribution in [1.29, 1.82) is 0 Å². The largest absolute Gasteiger partial charge is 0.303 e. The minimum absolute atomic E-state index is 0.0417. The van der Waals surface area contributed by atoms with E-state index in [0.29, 0.717) is 0 Å². The van der Waals surface area contributed by atoms with E-state index in [0.717, 1.165) is 0 Å². The quantitative estimate of drug-likeness (QED) is 0.425. The standard InChI is InChI=1S/C4H8O/c1-4(2)3-5/h3-4H,1-2H3/i1D3,2D3. The van der Waals surface area contributed by atoms with Crippen LogP contribution in [-0.2, 0) is 4.79 Å². The summed E-state index contributed by atoms with van der Waals surface area (Å²) in [6, 6.07) is 0. The van der Waals surface area contributed by atoms with Gasteiger partial charge in [0.2, 0.25) is 0 Å². The normalized spacial score (nSPS) is 31.4. The summed E-state index contributed by atoms with van der Waals surface area (Å²) >= 11 is 0. The first-order valence-corrected chi connectivity index (χ1v) is 1.15. The molecule has 0 radical (unpaired) electrons. The maximum absolute atomic E-state index is 10.1. The molecule has 1 heteroatoms. The second-order valence-electron chi connectivity index (χ2n) is 0.614. The highest BCUT2D eigenvalue weighted by Crippen LogP contribution is 1.78. The average Bonchev–Trinajstić information content (AvgIpc) is 1.56. The van der Waals surface area contributed by atoms with Crippen molar-refractivity contribution in [2.75, 3.05) is 0 Å². The summed E-state index contributed by atoms with van der Waals surface area (Å²) in [4.78, 5) is 10.1. The van der Waals surface area contributed by atoms with Gasteiger partial charge in [0, 0.05) is 14.1 Å². The summed E-state index contributed by atoms with van der Waals surface area (Å²) in [6.07, 6.45) is -0.0417. The molecular weight excluding hydrogens is 64.0 g/mol. The lowest BCUT2D eigenvalue weighted by Crippen LogP contribution is -1.82. The molecular formula is C4H8O. The molecule has 0 aliphatic carbocycles. The van der Waals surface area contributed by atoms with Gasteiger partial charge in [-0.2, -0.15) is 0 Å². The van der Waals surface area contributed by atoms with Crippen LogP contribution in [0.4, 0.5) is 0 Å². The molecule has 0 saturated heterocycles. The summed E-state index contributed by atoms with van der Waals surface area (Å²) in [5.74, 6) is -1.87. The van der Waals surface area contributed by atoms with Gasteiger partial charge < -0.3 is 4.79 Å². The van der Waals surface area contributed by atoms with Crippen molar-refractivity contribution in [3.8, 4) is 0 Å². The van der Waals surface area contributed by atoms with E-state index < -0.39 is 19.6 Å². The summed E-state index contributed by atoms with van der Waals surface area (Å²) in [6.45, 7) is -5.46. The first kappa shape index (κ1) is 0.673. The van der Waals surface area contributed by atoms with Crippen molar-refractivity contribution in [1.82, 2.24) is 0 Å². The van der Waals surface area contributed by atoms with E-state index in [1.165, 1.54) is 0 Å². The fourth-order valence-electron chi connectivity index (χ4n) is 0. The Hall–Kier alpha value is -0.330. The van der Waals surface area contributed by atoms with Crippen LogP contribution < -0.4 is 0 Å². The molecule has 0 aliphatic rings. The Kier molecular flexibility index (Phi) is 0.261. The first-order valence-electron chi connectivity index (χ1n) is 4.15. The van der Waals surface area contributed by atoms with Crippen LogP contribution in [-0.4, -0.2) is 6.29 Å². The van der Waals surface area contributed by atoms with Crippen molar-refractivity contribution in [2.24, 2.45) is 5.92 Å². The highest BCUT2D eigenvalue weighted by molar-refractivity contribution is 5.51. The second-order valence-corrected chi connectivity index (χ2v) is 0.614. The van der Waals surface area contributed by atoms with Gasteiger partial charge in [0.05, 0.1) is 0 Å². The van der Waals surface area contributed by atoms with Crippen molar-refractivity contribution in [2.45, 2.75) is 13.7 Å². The fraction of sp³-hybridized carbons (Fsp3) is 0.750. The van der Waals surface area contributed by atoms with E-state index in [1.807, 2.05) is 0 Å². The molecule has 0 aromatic rings. The SMILES string of the molecule is [2H]C([2H])([2H])C(C=O)C([2H])([2H])[2H]. The van der Waals surface area contributed by atoms with Crippen LogP contribution in [0, 0.1) is 5.92 Å². The molecule has 0 aromatic carbocycles. The van der Waals surface area contributed by atoms with Gasteiger partial charge in [-0.05, 0) is 0 Å². The third-order valence-electron chi connectivity index (χ3n) is 0.136. The van der Waals surface area contributed by atoms with Crippen molar-refractivity contribution in [3.05, 3.63) is 0 Å². The number of hydrogen-bond donors (Lipinski definition) is 0. The summed E-state index contributed by atoms with van der Waals surface area (Å²) in [7, 11) is 0. The van der Waals surface area contributed by atoms with Crippen molar-refractivity contribution < 1.29 is 13.0 Å². The summed E-state index contributed by atoms with van der Waals surface area (Å²) < 4.78 is 40.1. The molecule has 0 aliphatic heterocycles. The van der Waals surface area contributed by atoms with Crippen LogP contribution in [0.1, 0.15) is 21.9 Å². The van der Waals surface area contributed by atoms with E-state index in [9.17, 15) is 4.79 Å². The Morgan fingerprint density at radius 3 is 2.60 bits per heavy atom. The average molecular weight is 78.1 g/mol. The smallest absolute Gasteiger partial charge is 0.122 e. The molecule has 30 valence electrons. The molecule has 0 N–H and O–H groups in total. The Morgan fingerprint density at radius 1 is 2.00 bits per heavy atom. The molecule has 0 heterocycles. The Bertz CT molecular complexity index is 130. The fourth-order valence-corrected chi connectivity index (χ4v) is 0. The maximum atomic E-state index is 10.1. The highest BCUT2D eigenvalue weighted by Gasteiger charge is 1.79. The Balaban J connectivity index is 4.56. The molecule has 5 heavy (non-hydrogen) atoms. The Morgan fingerprint density at radius 2 is 2.60 bits per heavy atom. The lowest BCUT2D eigenvalue weighted by molar-refractivity contribution is -0.110. The number of carbonyl (C=O) groups is 1. The van der Waals surface area contributed by atoms with Gasteiger partial charge in [-0.3, -0.25) is 0 Å². The van der Waals surface area contributed by atoms with Gasteiger partial charge in [-0.1, -0.05) is 13.7 Å². The minimum atomic E-state index is -2.73. The topological polar surface area (TPSA) is 17.1 Å². The van der Waals surface area contributed by atoms with Gasteiger partial charge in [-0.15, -0.1) is 0 Å². The summed E-state index contributed by atoms with van der Waals surface area (Å²) in [5, 5.41) is 0. The number of aldehydes is 1. The zero-order chi connectivity index (χ0) is 9.28. The zero-order valence-corrected chi connectivity index (χ0v) is 2.56. The molecule has 0 fully saturated rings. The molecule has 0 unspecified atom stereocenters. The van der Waals surface area contributed by atoms with E-state index in [4.69, 9.17) is 8.22 Å². The predicted molar refractivity (Wildman–Crippen MR) is 20.9 cm³/mol. The van der Waals surface area contributed by atoms with E-state index >= 15 is 0 Å². The van der Waals surface area contributed by atoms with E-state index in [-0.39, 0.29) is 6.29 Å². The zero-order valence-electron chi connectivity index (χ0n) is 8.56. The van der Waals surface area contributed by atoms with Crippen LogP contribution >= 0.6 is 0 Å². The van der Waals surface area contributed by atoms with E-state index in [2.05, 4.69) is 0 Å². The van der Waals surface area contributed by atoms with Crippen LogP contribution in [0.2, 0.25) is 0 Å². The molecule has 0 rings (SSSR count). The number of carbonyl (C=O) groups excluding carboxylic acids is 1. The number of hydrogen-bond acceptors (Lipinski definition) is 1. The molecule has 0 aromatic heterocycles. The first-order chi connectivity index (χ1) is 4.69. The van der Waals surface area contributed by atoms with Crippen molar-refractivity contribution in [3.63, 3.8) is 0 Å². The van der Waals surface area contributed by atoms with E-state index in [1.54, 1.807) is 0 Å². The van der Waals surface area contributed by atoms with Gasteiger partial charge in [0.15, 0.2) is 0 Å². The van der Waals surface area contributed by atoms with Gasteiger partial charge in [-0.25, -0.2) is 0 Å². The number of rotatable bonds is 1. The minimum Gasteiger partial charge on any atom is -0.303 e. The lowest BCUT2D eigenvalue weighted by atomic mass is 10.3. The Labute approximate surface area is 40.4 Å². The van der Waals surface area contributed by atoms with Crippen LogP contribution in [0.3, 0.4) is 0 Å². The van der Waals surface area contributed by atoms with Crippen molar-refractivity contribution >= 4 is 6.29 Å². The van der Waals surface area contributed by atoms with Gasteiger partial charge >= 0.3 is 0 Å². The molecule has 0 atom stereocenters. The van der Waals surface area contributed by atoms with Crippen LogP contribution in [0.5, 0.6) is 0 Å². The maximum Gasteiger partial charge on any atom is 0.122 e. The second kappa shape index (κ2) is 1.94. The predicted octanol–water partition coefficient (Wildman–Crippen LogP) is 0.841.